The van der Waals surface area contributed by atoms with Gasteiger partial charge in [-0.25, -0.2) is 0 Å². The fourth-order valence-electron chi connectivity index (χ4n) is 3.21. The van der Waals surface area contributed by atoms with E-state index in [-0.39, 0.29) is 25.2 Å². The van der Waals surface area contributed by atoms with Crippen LogP contribution < -0.4 is 0 Å². The zero-order valence-corrected chi connectivity index (χ0v) is 13.0. The van der Waals surface area contributed by atoms with E-state index in [4.69, 9.17) is 4.55 Å². The van der Waals surface area contributed by atoms with Crippen molar-refractivity contribution in [1.82, 2.24) is 0 Å². The summed E-state index contributed by atoms with van der Waals surface area (Å²) in [6.45, 7) is 0. The van der Waals surface area contributed by atoms with Crippen molar-refractivity contribution >= 4 is 16.1 Å². The van der Waals surface area contributed by atoms with Gasteiger partial charge in [0.1, 0.15) is 0 Å². The van der Waals surface area contributed by atoms with E-state index in [2.05, 4.69) is 4.74 Å². The number of esters is 1. The molecule has 138 valence electrons. The van der Waals surface area contributed by atoms with Gasteiger partial charge in [-0.1, -0.05) is 18.6 Å². The number of ether oxygens (including phenoxy) is 1. The van der Waals surface area contributed by atoms with E-state index in [0.29, 0.717) is 6.42 Å². The van der Waals surface area contributed by atoms with Crippen molar-refractivity contribution in [2.24, 2.45) is 11.3 Å². The molecule has 0 saturated heterocycles. The van der Waals surface area contributed by atoms with E-state index in [1.54, 1.807) is 12.2 Å². The van der Waals surface area contributed by atoms with Gasteiger partial charge in [0, 0.05) is 0 Å². The average molecular weight is 378 g/mol. The van der Waals surface area contributed by atoms with E-state index in [1.165, 1.54) is 0 Å². The number of alkyl halides is 5. The summed E-state index contributed by atoms with van der Waals surface area (Å²) in [5, 5.41) is -5.70. The smallest absolute Gasteiger partial charge is 0.432 e. The number of carbonyl (C=O) groups excluding carboxylic acids is 1. The first-order valence-electron chi connectivity index (χ1n) is 7.09. The first kappa shape index (κ1) is 19.1. The summed E-state index contributed by atoms with van der Waals surface area (Å²) < 4.78 is 99.1. The summed E-state index contributed by atoms with van der Waals surface area (Å²) >= 11 is 0. The third-order valence-electron chi connectivity index (χ3n) is 4.40. The highest BCUT2D eigenvalue weighted by Gasteiger charge is 2.66. The predicted molar refractivity (Wildman–Crippen MR) is 70.6 cm³/mol. The largest absolute Gasteiger partial charge is 0.444 e. The SMILES string of the molecule is O=C(OC(C(F)(F)F)C(F)(F)S(=O)(=O)O)C12CC=CC(CCC1)C2. The molecule has 11 heteroatoms. The van der Waals surface area contributed by atoms with Gasteiger partial charge in [-0.15, -0.1) is 0 Å². The molecule has 0 aromatic rings. The van der Waals surface area contributed by atoms with Crippen LogP contribution in [0.5, 0.6) is 0 Å². The molecule has 1 N–H and O–H groups in total. The molecule has 3 unspecified atom stereocenters. The van der Waals surface area contributed by atoms with Gasteiger partial charge in [0.2, 0.25) is 0 Å². The Morgan fingerprint density at radius 3 is 2.46 bits per heavy atom. The maximum absolute atomic E-state index is 13.5. The second-order valence-electron chi connectivity index (χ2n) is 6.13. The molecular weight excluding hydrogens is 363 g/mol. The van der Waals surface area contributed by atoms with Gasteiger partial charge in [-0.2, -0.15) is 30.4 Å². The van der Waals surface area contributed by atoms with Crippen LogP contribution in [0.3, 0.4) is 0 Å². The molecule has 0 heterocycles. The summed E-state index contributed by atoms with van der Waals surface area (Å²) in [6, 6.07) is 0. The van der Waals surface area contributed by atoms with Crippen LogP contribution in [0.15, 0.2) is 12.2 Å². The minimum atomic E-state index is -6.43. The van der Waals surface area contributed by atoms with Crippen LogP contribution in [0.25, 0.3) is 0 Å². The molecule has 1 fully saturated rings. The average Bonchev–Trinajstić information content (AvgIpc) is 2.41. The van der Waals surface area contributed by atoms with Gasteiger partial charge < -0.3 is 4.74 Å². The Hall–Kier alpha value is -1.23. The normalized spacial score (nSPS) is 29.2. The fraction of sp³-hybridized carbons (Fsp3) is 0.769. The molecule has 2 bridgehead atoms. The van der Waals surface area contributed by atoms with Crippen molar-refractivity contribution in [2.75, 3.05) is 0 Å². The van der Waals surface area contributed by atoms with Crippen LogP contribution in [0, 0.1) is 11.3 Å². The van der Waals surface area contributed by atoms with Gasteiger partial charge in [0.25, 0.3) is 6.10 Å². The van der Waals surface area contributed by atoms with Crippen molar-refractivity contribution in [2.45, 2.75) is 49.6 Å². The summed E-state index contributed by atoms with van der Waals surface area (Å²) in [5.74, 6) is -1.59. The van der Waals surface area contributed by atoms with Crippen molar-refractivity contribution in [3.63, 3.8) is 0 Å². The summed E-state index contributed by atoms with van der Waals surface area (Å²) in [6.07, 6.45) is -5.18. The standard InChI is InChI=1S/C13H15F5O5S/c14-12(15,16)9(13(17,18)24(20,21)22)23-10(19)11-5-1-3-8(7-11)4-2-6-11/h1,3,8-9H,2,4-7H2,(H,20,21,22). The minimum Gasteiger partial charge on any atom is -0.444 e. The Morgan fingerprint density at radius 2 is 1.92 bits per heavy atom. The van der Waals surface area contributed by atoms with Gasteiger partial charge in [-0.3, -0.25) is 9.35 Å². The van der Waals surface area contributed by atoms with Crippen LogP contribution in [0.1, 0.15) is 32.1 Å². The molecule has 5 nitrogen and oxygen atoms in total. The fourth-order valence-corrected chi connectivity index (χ4v) is 3.66. The maximum atomic E-state index is 13.5. The molecule has 24 heavy (non-hydrogen) atoms. The molecule has 1 saturated carbocycles. The van der Waals surface area contributed by atoms with E-state index in [9.17, 15) is 35.2 Å². The molecule has 3 atom stereocenters. The lowest BCUT2D eigenvalue weighted by molar-refractivity contribution is -0.263. The molecule has 0 radical (unpaired) electrons. The quantitative estimate of drug-likeness (QED) is 0.352. The molecular formula is C13H15F5O5S. The van der Waals surface area contributed by atoms with Crippen molar-refractivity contribution < 1.29 is 44.5 Å². The molecule has 0 aromatic heterocycles. The molecule has 0 spiro atoms. The third-order valence-corrected chi connectivity index (χ3v) is 5.31. The number of hydrogen-bond donors (Lipinski definition) is 1. The summed E-state index contributed by atoms with van der Waals surface area (Å²) in [4.78, 5) is 12.2. The summed E-state index contributed by atoms with van der Waals surface area (Å²) in [5.41, 5.74) is -1.38. The lowest BCUT2D eigenvalue weighted by Crippen LogP contribution is -2.54. The van der Waals surface area contributed by atoms with Crippen LogP contribution in [-0.4, -0.2) is 36.5 Å². The molecule has 0 aromatic carbocycles. The minimum absolute atomic E-state index is 0.0321. The second kappa shape index (κ2) is 5.94. The highest BCUT2D eigenvalue weighted by molar-refractivity contribution is 7.86. The van der Waals surface area contributed by atoms with Crippen LogP contribution in [0.2, 0.25) is 0 Å². The van der Waals surface area contributed by atoms with E-state index in [0.717, 1.165) is 6.42 Å². The van der Waals surface area contributed by atoms with Gasteiger partial charge in [0.05, 0.1) is 5.41 Å². The van der Waals surface area contributed by atoms with Gasteiger partial charge in [0.15, 0.2) is 0 Å². The molecule has 0 amide bonds. The van der Waals surface area contributed by atoms with E-state index < -0.39 is 39.0 Å². The van der Waals surface area contributed by atoms with Crippen LogP contribution in [-0.2, 0) is 19.6 Å². The predicted octanol–water partition coefficient (Wildman–Crippen LogP) is 3.08. The molecule has 2 aliphatic rings. The van der Waals surface area contributed by atoms with Crippen molar-refractivity contribution in [1.29, 1.82) is 0 Å². The monoisotopic (exact) mass is 378 g/mol. The topological polar surface area (TPSA) is 80.7 Å². The number of halogens is 5. The molecule has 0 aliphatic heterocycles. The second-order valence-corrected chi connectivity index (χ2v) is 7.63. The first-order chi connectivity index (χ1) is 10.8. The Morgan fingerprint density at radius 1 is 1.29 bits per heavy atom. The zero-order chi connectivity index (χ0) is 18.4. The number of hydrogen-bond acceptors (Lipinski definition) is 4. The highest BCUT2D eigenvalue weighted by Crippen LogP contribution is 2.48. The Bertz CT molecular complexity index is 642. The summed E-state index contributed by atoms with van der Waals surface area (Å²) in [7, 11) is -6.43. The maximum Gasteiger partial charge on any atom is 0.432 e. The number of rotatable bonds is 4. The van der Waals surface area contributed by atoms with Crippen LogP contribution in [0.4, 0.5) is 22.0 Å². The lowest BCUT2D eigenvalue weighted by atomic mass is 9.65. The molecule has 2 aliphatic carbocycles. The van der Waals surface area contributed by atoms with E-state index in [1.807, 2.05) is 0 Å². The van der Waals surface area contributed by atoms with Crippen molar-refractivity contribution in [3.05, 3.63) is 12.2 Å². The van der Waals surface area contributed by atoms with Crippen molar-refractivity contribution in [3.8, 4) is 0 Å². The lowest BCUT2D eigenvalue weighted by Gasteiger charge is -2.41. The van der Waals surface area contributed by atoms with Crippen LogP contribution >= 0.6 is 0 Å². The number of fused-ring (bicyclic) bond motifs is 2. The Kier molecular flexibility index (Phi) is 4.73. The highest BCUT2D eigenvalue weighted by atomic mass is 32.2. The van der Waals surface area contributed by atoms with Gasteiger partial charge in [-0.05, 0) is 31.6 Å². The first-order valence-corrected chi connectivity index (χ1v) is 8.53. The zero-order valence-electron chi connectivity index (χ0n) is 12.2. The van der Waals surface area contributed by atoms with E-state index >= 15 is 0 Å². The number of carbonyl (C=O) groups is 1. The number of allylic oxidation sites excluding steroid dienone is 2. The molecule has 2 rings (SSSR count). The van der Waals surface area contributed by atoms with Gasteiger partial charge >= 0.3 is 27.5 Å². The third kappa shape index (κ3) is 3.41. The Labute approximate surface area is 134 Å². The Balaban J connectivity index is 2.31.